The topological polar surface area (TPSA) is 49.3 Å². The van der Waals surface area contributed by atoms with Crippen LogP contribution in [0.2, 0.25) is 0 Å². The maximum Gasteiger partial charge on any atom is 0.191 e. The van der Waals surface area contributed by atoms with Gasteiger partial charge in [-0.1, -0.05) is 38.7 Å². The molecule has 0 aromatic carbocycles. The lowest BCUT2D eigenvalue weighted by Gasteiger charge is -2.17. The van der Waals surface area contributed by atoms with Crippen molar-refractivity contribution in [2.45, 2.75) is 72.4 Å². The smallest absolute Gasteiger partial charge is 0.191 e. The number of unbranched alkanes of at least 4 members (excludes halogenated alkanes) is 3. The molecule has 0 saturated heterocycles. The standard InChI is InChI=1S/C18H32N4.HI/c1-5-7-8-9-12-16(4)22-18(19-6-2)21-14-17-15(3)11-10-13-20-17;/h10-11,13,16H,5-9,12,14H2,1-4H3,(H2,19,21,22);1H. The number of aromatic nitrogens is 1. The summed E-state index contributed by atoms with van der Waals surface area (Å²) in [7, 11) is 0. The van der Waals surface area contributed by atoms with Crippen LogP contribution in [0.3, 0.4) is 0 Å². The minimum atomic E-state index is 0. The van der Waals surface area contributed by atoms with Gasteiger partial charge in [-0.3, -0.25) is 4.98 Å². The summed E-state index contributed by atoms with van der Waals surface area (Å²) in [4.78, 5) is 9.06. The summed E-state index contributed by atoms with van der Waals surface area (Å²) in [5.41, 5.74) is 2.23. The molecule has 2 N–H and O–H groups in total. The fourth-order valence-corrected chi connectivity index (χ4v) is 2.34. The van der Waals surface area contributed by atoms with Crippen molar-refractivity contribution >= 4 is 29.9 Å². The second-order valence-electron chi connectivity index (χ2n) is 5.86. The number of rotatable bonds is 9. The predicted octanol–water partition coefficient (Wildman–Crippen LogP) is 4.42. The number of aryl methyl sites for hydroxylation is 1. The van der Waals surface area contributed by atoms with Crippen molar-refractivity contribution in [3.63, 3.8) is 0 Å². The zero-order valence-corrected chi connectivity index (χ0v) is 17.4. The number of pyridine rings is 1. The summed E-state index contributed by atoms with van der Waals surface area (Å²) in [6, 6.07) is 4.48. The highest BCUT2D eigenvalue weighted by Crippen LogP contribution is 2.06. The molecule has 0 fully saturated rings. The first-order chi connectivity index (χ1) is 10.7. The monoisotopic (exact) mass is 432 g/mol. The number of aliphatic imine (C=N–C) groups is 1. The zero-order chi connectivity index (χ0) is 16.2. The van der Waals surface area contributed by atoms with Gasteiger partial charge in [-0.05, 0) is 38.8 Å². The average molecular weight is 432 g/mol. The maximum atomic E-state index is 4.66. The Bertz CT molecular complexity index is 448. The van der Waals surface area contributed by atoms with Crippen LogP contribution in [-0.2, 0) is 6.54 Å². The molecular formula is C18H33IN4. The first-order valence-electron chi connectivity index (χ1n) is 8.62. The summed E-state index contributed by atoms with van der Waals surface area (Å²) in [6.07, 6.45) is 8.24. The maximum absolute atomic E-state index is 4.66. The Morgan fingerprint density at radius 1 is 1.26 bits per heavy atom. The van der Waals surface area contributed by atoms with Crippen LogP contribution in [0.4, 0.5) is 0 Å². The molecular weight excluding hydrogens is 399 g/mol. The van der Waals surface area contributed by atoms with E-state index in [1.165, 1.54) is 37.7 Å². The van der Waals surface area contributed by atoms with Crippen molar-refractivity contribution in [3.8, 4) is 0 Å². The summed E-state index contributed by atoms with van der Waals surface area (Å²) < 4.78 is 0. The molecule has 1 heterocycles. The first-order valence-corrected chi connectivity index (χ1v) is 8.62. The fraction of sp³-hybridized carbons (Fsp3) is 0.667. The van der Waals surface area contributed by atoms with E-state index in [1.807, 2.05) is 12.3 Å². The molecule has 1 rings (SSSR count). The van der Waals surface area contributed by atoms with E-state index in [4.69, 9.17) is 0 Å². The van der Waals surface area contributed by atoms with Gasteiger partial charge in [-0.2, -0.15) is 0 Å². The van der Waals surface area contributed by atoms with Gasteiger partial charge in [0.25, 0.3) is 0 Å². The summed E-state index contributed by atoms with van der Waals surface area (Å²) in [5.74, 6) is 0.885. The van der Waals surface area contributed by atoms with Gasteiger partial charge >= 0.3 is 0 Å². The van der Waals surface area contributed by atoms with Crippen molar-refractivity contribution < 1.29 is 0 Å². The third-order valence-electron chi connectivity index (χ3n) is 3.72. The van der Waals surface area contributed by atoms with Crippen LogP contribution >= 0.6 is 24.0 Å². The Morgan fingerprint density at radius 2 is 2.04 bits per heavy atom. The molecule has 5 heteroatoms. The molecule has 0 radical (unpaired) electrons. The second kappa shape index (κ2) is 13.6. The number of nitrogens with zero attached hydrogens (tertiary/aromatic N) is 2. The highest BCUT2D eigenvalue weighted by atomic mass is 127. The third-order valence-corrected chi connectivity index (χ3v) is 3.72. The quantitative estimate of drug-likeness (QED) is 0.263. The third kappa shape index (κ3) is 9.79. The van der Waals surface area contributed by atoms with Crippen molar-refractivity contribution in [2.24, 2.45) is 4.99 Å². The second-order valence-corrected chi connectivity index (χ2v) is 5.86. The molecule has 0 amide bonds. The van der Waals surface area contributed by atoms with Gasteiger partial charge in [0.15, 0.2) is 5.96 Å². The van der Waals surface area contributed by atoms with E-state index < -0.39 is 0 Å². The highest BCUT2D eigenvalue weighted by molar-refractivity contribution is 14.0. The summed E-state index contributed by atoms with van der Waals surface area (Å²) in [5, 5.41) is 6.81. The minimum absolute atomic E-state index is 0. The van der Waals surface area contributed by atoms with Crippen molar-refractivity contribution in [3.05, 3.63) is 29.6 Å². The summed E-state index contributed by atoms with van der Waals surface area (Å²) in [6.45, 7) is 10.1. The number of hydrogen-bond acceptors (Lipinski definition) is 2. The van der Waals surface area contributed by atoms with Gasteiger partial charge in [-0.15, -0.1) is 24.0 Å². The van der Waals surface area contributed by atoms with E-state index in [9.17, 15) is 0 Å². The normalized spacial score (nSPS) is 12.4. The Hall–Kier alpha value is -0.850. The van der Waals surface area contributed by atoms with Gasteiger partial charge in [0.2, 0.25) is 0 Å². The molecule has 1 aromatic rings. The molecule has 1 atom stereocenters. The van der Waals surface area contributed by atoms with E-state index in [0.717, 1.165) is 18.2 Å². The molecule has 0 aliphatic heterocycles. The van der Waals surface area contributed by atoms with Crippen LogP contribution in [0.25, 0.3) is 0 Å². The molecule has 0 bridgehead atoms. The summed E-state index contributed by atoms with van der Waals surface area (Å²) >= 11 is 0. The Morgan fingerprint density at radius 3 is 2.70 bits per heavy atom. The molecule has 0 saturated carbocycles. The fourth-order valence-electron chi connectivity index (χ4n) is 2.34. The predicted molar refractivity (Wildman–Crippen MR) is 111 cm³/mol. The minimum Gasteiger partial charge on any atom is -0.357 e. The van der Waals surface area contributed by atoms with E-state index >= 15 is 0 Å². The van der Waals surface area contributed by atoms with Gasteiger partial charge < -0.3 is 10.6 Å². The molecule has 0 spiro atoms. The van der Waals surface area contributed by atoms with Gasteiger partial charge in [-0.25, -0.2) is 4.99 Å². The molecule has 0 aliphatic carbocycles. The van der Waals surface area contributed by atoms with Crippen molar-refractivity contribution in [2.75, 3.05) is 6.54 Å². The van der Waals surface area contributed by atoms with E-state index in [1.54, 1.807) is 0 Å². The lowest BCUT2D eigenvalue weighted by atomic mass is 10.1. The zero-order valence-electron chi connectivity index (χ0n) is 15.1. The molecule has 1 unspecified atom stereocenters. The van der Waals surface area contributed by atoms with Crippen LogP contribution in [-0.4, -0.2) is 23.5 Å². The van der Waals surface area contributed by atoms with Crippen LogP contribution in [0.1, 0.15) is 64.1 Å². The van der Waals surface area contributed by atoms with Crippen molar-refractivity contribution in [1.82, 2.24) is 15.6 Å². The lowest BCUT2D eigenvalue weighted by Crippen LogP contribution is -2.42. The number of halogens is 1. The first kappa shape index (κ1) is 22.1. The molecule has 132 valence electrons. The SMILES string of the molecule is CCCCCCC(C)NC(=NCc1ncccc1C)NCC.I. The highest BCUT2D eigenvalue weighted by Gasteiger charge is 2.05. The van der Waals surface area contributed by atoms with Crippen LogP contribution in [0, 0.1) is 6.92 Å². The Kier molecular flexibility index (Phi) is 13.1. The number of nitrogens with one attached hydrogen (secondary N) is 2. The molecule has 1 aromatic heterocycles. The number of guanidine groups is 1. The van der Waals surface area contributed by atoms with Crippen LogP contribution in [0.15, 0.2) is 23.3 Å². The van der Waals surface area contributed by atoms with Gasteiger partial charge in [0.1, 0.15) is 0 Å². The van der Waals surface area contributed by atoms with Crippen LogP contribution in [0.5, 0.6) is 0 Å². The van der Waals surface area contributed by atoms with Crippen molar-refractivity contribution in [1.29, 1.82) is 0 Å². The van der Waals surface area contributed by atoms with E-state index in [0.29, 0.717) is 12.6 Å². The average Bonchev–Trinajstić information content (AvgIpc) is 2.51. The van der Waals surface area contributed by atoms with Gasteiger partial charge in [0, 0.05) is 18.8 Å². The molecule has 0 aliphatic rings. The molecule has 23 heavy (non-hydrogen) atoms. The van der Waals surface area contributed by atoms with Crippen LogP contribution < -0.4 is 10.6 Å². The van der Waals surface area contributed by atoms with E-state index in [-0.39, 0.29) is 24.0 Å². The lowest BCUT2D eigenvalue weighted by molar-refractivity contribution is 0.537. The largest absolute Gasteiger partial charge is 0.357 e. The van der Waals surface area contributed by atoms with Gasteiger partial charge in [0.05, 0.1) is 12.2 Å². The Balaban J connectivity index is 0.00000484. The molecule has 4 nitrogen and oxygen atoms in total. The Labute approximate surface area is 159 Å². The number of hydrogen-bond donors (Lipinski definition) is 2. The van der Waals surface area contributed by atoms with E-state index in [2.05, 4.69) is 54.4 Å².